The molecule has 152 valence electrons. The Hall–Kier alpha value is -3.17. The van der Waals surface area contributed by atoms with Crippen LogP contribution in [0.4, 0.5) is 5.69 Å². The lowest BCUT2D eigenvalue weighted by Gasteiger charge is -2.15. The lowest BCUT2D eigenvalue weighted by atomic mass is 10.2. The van der Waals surface area contributed by atoms with E-state index in [4.69, 9.17) is 9.26 Å². The summed E-state index contributed by atoms with van der Waals surface area (Å²) >= 11 is 0. The van der Waals surface area contributed by atoms with Gasteiger partial charge in [0, 0.05) is 19.3 Å². The minimum Gasteiger partial charge on any atom is -0.496 e. The molecule has 0 aliphatic heterocycles. The van der Waals surface area contributed by atoms with E-state index in [9.17, 15) is 8.42 Å². The van der Waals surface area contributed by atoms with E-state index in [1.165, 1.54) is 17.4 Å². The number of likely N-dealkylation sites (N-methyl/N-ethyl adjacent to an activating group) is 1. The van der Waals surface area contributed by atoms with Gasteiger partial charge in [-0.3, -0.25) is 0 Å². The number of ether oxygens (including phenoxy) is 1. The molecule has 1 aromatic heterocycles. The fourth-order valence-electron chi connectivity index (χ4n) is 2.65. The minimum atomic E-state index is -3.54. The Labute approximate surface area is 169 Å². The largest absolute Gasteiger partial charge is 0.496 e. The van der Waals surface area contributed by atoms with E-state index in [1.807, 2.05) is 24.3 Å². The van der Waals surface area contributed by atoms with Gasteiger partial charge in [-0.05, 0) is 36.4 Å². The molecule has 0 spiro atoms. The second-order valence-electron chi connectivity index (χ2n) is 6.16. The third-order valence-corrected chi connectivity index (χ3v) is 6.05. The third-order valence-electron chi connectivity index (χ3n) is 4.21. The standard InChI is InChI=1S/C20H22N4O4S/c1-4-13-24(2)29(25,26)16-11-9-15(10-12-16)21-14-19-22-20(23-28-19)17-7-5-6-8-18(17)27-3/h4-12,21H,1,13-14H2,2-3H3. The van der Waals surface area contributed by atoms with Crippen molar-refractivity contribution in [3.63, 3.8) is 0 Å². The lowest BCUT2D eigenvalue weighted by Crippen LogP contribution is -2.26. The summed E-state index contributed by atoms with van der Waals surface area (Å²) in [6, 6.07) is 13.9. The fraction of sp³-hybridized carbons (Fsp3) is 0.200. The number of aromatic nitrogens is 2. The van der Waals surface area contributed by atoms with Crippen LogP contribution in [0.25, 0.3) is 11.4 Å². The SMILES string of the molecule is C=CCN(C)S(=O)(=O)c1ccc(NCc2nc(-c3ccccc3OC)no2)cc1. The van der Waals surface area contributed by atoms with Gasteiger partial charge in [-0.1, -0.05) is 23.4 Å². The summed E-state index contributed by atoms with van der Waals surface area (Å²) in [5.41, 5.74) is 1.47. The second-order valence-corrected chi connectivity index (χ2v) is 8.21. The molecule has 0 fully saturated rings. The Kier molecular flexibility index (Phi) is 6.30. The Morgan fingerprint density at radius 1 is 1.21 bits per heavy atom. The number of sulfonamides is 1. The molecule has 3 rings (SSSR count). The highest BCUT2D eigenvalue weighted by molar-refractivity contribution is 7.89. The van der Waals surface area contributed by atoms with E-state index in [-0.39, 0.29) is 11.4 Å². The van der Waals surface area contributed by atoms with Crippen LogP contribution in [0.1, 0.15) is 5.89 Å². The van der Waals surface area contributed by atoms with Crippen LogP contribution in [0.2, 0.25) is 0 Å². The summed E-state index contributed by atoms with van der Waals surface area (Å²) in [5.74, 6) is 1.49. The number of hydrogen-bond acceptors (Lipinski definition) is 7. The zero-order chi connectivity index (χ0) is 20.9. The molecule has 0 radical (unpaired) electrons. The second kappa shape index (κ2) is 8.89. The number of nitrogens with one attached hydrogen (secondary N) is 1. The van der Waals surface area contributed by atoms with Gasteiger partial charge in [0.05, 0.1) is 24.1 Å². The van der Waals surface area contributed by atoms with Crippen LogP contribution in [0.5, 0.6) is 5.75 Å². The van der Waals surface area contributed by atoms with Crippen molar-refractivity contribution in [3.05, 3.63) is 67.1 Å². The number of rotatable bonds is 9. The molecule has 29 heavy (non-hydrogen) atoms. The van der Waals surface area contributed by atoms with E-state index in [1.54, 1.807) is 31.4 Å². The first-order valence-corrected chi connectivity index (χ1v) is 10.3. The minimum absolute atomic E-state index is 0.212. The Balaban J connectivity index is 1.67. The van der Waals surface area contributed by atoms with Crippen LogP contribution in [-0.4, -0.2) is 43.6 Å². The number of methoxy groups -OCH3 is 1. The zero-order valence-electron chi connectivity index (χ0n) is 16.2. The molecule has 0 aliphatic rings. The summed E-state index contributed by atoms with van der Waals surface area (Å²) in [7, 11) is -0.442. The molecule has 0 atom stereocenters. The predicted molar refractivity (Wildman–Crippen MR) is 110 cm³/mol. The first-order valence-electron chi connectivity index (χ1n) is 8.83. The van der Waals surface area contributed by atoms with Crippen molar-refractivity contribution in [1.29, 1.82) is 0 Å². The van der Waals surface area contributed by atoms with Crippen molar-refractivity contribution in [3.8, 4) is 17.1 Å². The van der Waals surface area contributed by atoms with Gasteiger partial charge in [0.25, 0.3) is 0 Å². The number of para-hydroxylation sites is 1. The predicted octanol–water partition coefficient (Wildman–Crippen LogP) is 3.16. The maximum atomic E-state index is 12.4. The average Bonchev–Trinajstić information content (AvgIpc) is 3.21. The maximum absolute atomic E-state index is 12.4. The van der Waals surface area contributed by atoms with Crippen molar-refractivity contribution in [1.82, 2.24) is 14.4 Å². The lowest BCUT2D eigenvalue weighted by molar-refractivity contribution is 0.383. The summed E-state index contributed by atoms with van der Waals surface area (Å²) in [4.78, 5) is 4.58. The molecule has 3 aromatic rings. The highest BCUT2D eigenvalue weighted by Crippen LogP contribution is 2.27. The van der Waals surface area contributed by atoms with Gasteiger partial charge in [0.15, 0.2) is 0 Å². The third kappa shape index (κ3) is 4.64. The van der Waals surface area contributed by atoms with E-state index < -0.39 is 10.0 Å². The molecule has 0 amide bonds. The highest BCUT2D eigenvalue weighted by atomic mass is 32.2. The molecule has 2 aromatic carbocycles. The number of hydrogen-bond donors (Lipinski definition) is 1. The maximum Gasteiger partial charge on any atom is 0.246 e. The van der Waals surface area contributed by atoms with Crippen LogP contribution < -0.4 is 10.1 Å². The molecule has 9 heteroatoms. The molecule has 1 heterocycles. The number of benzene rings is 2. The number of nitrogens with zero attached hydrogens (tertiary/aromatic N) is 3. The van der Waals surface area contributed by atoms with Gasteiger partial charge in [0.2, 0.25) is 21.7 Å². The van der Waals surface area contributed by atoms with Crippen LogP contribution in [-0.2, 0) is 16.6 Å². The van der Waals surface area contributed by atoms with Crippen LogP contribution >= 0.6 is 0 Å². The molecule has 0 unspecified atom stereocenters. The first-order chi connectivity index (χ1) is 14.0. The normalized spacial score (nSPS) is 11.4. The molecule has 0 saturated carbocycles. The quantitative estimate of drug-likeness (QED) is 0.537. The molecule has 1 N–H and O–H groups in total. The molecular formula is C20H22N4O4S. The average molecular weight is 414 g/mol. The summed E-state index contributed by atoms with van der Waals surface area (Å²) in [6.07, 6.45) is 1.54. The van der Waals surface area contributed by atoms with Crippen molar-refractivity contribution < 1.29 is 17.7 Å². The van der Waals surface area contributed by atoms with Gasteiger partial charge in [-0.2, -0.15) is 9.29 Å². The smallest absolute Gasteiger partial charge is 0.246 e. The fourth-order valence-corrected chi connectivity index (χ4v) is 3.79. The molecule has 8 nitrogen and oxygen atoms in total. The van der Waals surface area contributed by atoms with Crippen molar-refractivity contribution >= 4 is 15.7 Å². The van der Waals surface area contributed by atoms with Gasteiger partial charge < -0.3 is 14.6 Å². The monoisotopic (exact) mass is 414 g/mol. The van der Waals surface area contributed by atoms with E-state index >= 15 is 0 Å². The van der Waals surface area contributed by atoms with Gasteiger partial charge in [-0.25, -0.2) is 8.42 Å². The van der Waals surface area contributed by atoms with Crippen LogP contribution in [0.3, 0.4) is 0 Å². The molecule has 0 bridgehead atoms. The van der Waals surface area contributed by atoms with E-state index in [0.29, 0.717) is 24.0 Å². The molecular weight excluding hydrogens is 392 g/mol. The topological polar surface area (TPSA) is 97.6 Å². The van der Waals surface area contributed by atoms with Crippen LogP contribution in [0, 0.1) is 0 Å². The Bertz CT molecular complexity index is 1080. The van der Waals surface area contributed by atoms with Gasteiger partial charge in [0.1, 0.15) is 5.75 Å². The van der Waals surface area contributed by atoms with Crippen LogP contribution in [0.15, 0.2) is 70.6 Å². The first kappa shape index (κ1) is 20.6. The Morgan fingerprint density at radius 3 is 2.62 bits per heavy atom. The van der Waals surface area contributed by atoms with Gasteiger partial charge >= 0.3 is 0 Å². The van der Waals surface area contributed by atoms with Crippen molar-refractivity contribution in [2.75, 3.05) is 26.0 Å². The number of anilines is 1. The highest BCUT2D eigenvalue weighted by Gasteiger charge is 2.19. The summed E-state index contributed by atoms with van der Waals surface area (Å²) in [6.45, 7) is 4.10. The molecule has 0 saturated heterocycles. The van der Waals surface area contributed by atoms with E-state index in [2.05, 4.69) is 22.0 Å². The zero-order valence-corrected chi connectivity index (χ0v) is 17.0. The molecule has 0 aliphatic carbocycles. The Morgan fingerprint density at radius 2 is 1.93 bits per heavy atom. The van der Waals surface area contributed by atoms with Crippen molar-refractivity contribution in [2.24, 2.45) is 0 Å². The van der Waals surface area contributed by atoms with Crippen molar-refractivity contribution in [2.45, 2.75) is 11.4 Å². The van der Waals surface area contributed by atoms with Gasteiger partial charge in [-0.15, -0.1) is 6.58 Å². The van der Waals surface area contributed by atoms with E-state index in [0.717, 1.165) is 11.3 Å². The summed E-state index contributed by atoms with van der Waals surface area (Å²) in [5, 5.41) is 7.13. The summed E-state index contributed by atoms with van der Waals surface area (Å²) < 4.78 is 36.7.